The SMILES string of the molecule is NC(=S)c1ccc(Br)cc1Nc1ccc(F)c(Cl)c1. The minimum Gasteiger partial charge on any atom is -0.389 e. The van der Waals surface area contributed by atoms with Crippen molar-refractivity contribution in [1.29, 1.82) is 0 Å². The Labute approximate surface area is 128 Å². The van der Waals surface area contributed by atoms with Crippen LogP contribution in [0.2, 0.25) is 5.02 Å². The third-order valence-electron chi connectivity index (χ3n) is 2.45. The smallest absolute Gasteiger partial charge is 0.141 e. The Kier molecular flexibility index (Phi) is 4.39. The first-order valence-corrected chi connectivity index (χ1v) is 6.87. The van der Waals surface area contributed by atoms with Crippen LogP contribution < -0.4 is 11.1 Å². The van der Waals surface area contributed by atoms with Crippen molar-refractivity contribution in [2.24, 2.45) is 5.73 Å². The summed E-state index contributed by atoms with van der Waals surface area (Å²) in [7, 11) is 0. The van der Waals surface area contributed by atoms with Crippen LogP contribution in [-0.2, 0) is 0 Å². The second kappa shape index (κ2) is 5.86. The Bertz CT molecular complexity index is 649. The number of nitrogens with one attached hydrogen (secondary N) is 1. The topological polar surface area (TPSA) is 38.0 Å². The zero-order valence-corrected chi connectivity index (χ0v) is 12.7. The van der Waals surface area contributed by atoms with Gasteiger partial charge in [0.05, 0.1) is 5.02 Å². The Balaban J connectivity index is 2.39. The Morgan fingerprint density at radius 2 is 2.00 bits per heavy atom. The van der Waals surface area contributed by atoms with Crippen LogP contribution in [0.5, 0.6) is 0 Å². The molecule has 3 N–H and O–H groups in total. The summed E-state index contributed by atoms with van der Waals surface area (Å²) in [5, 5.41) is 3.17. The molecule has 0 saturated carbocycles. The lowest BCUT2D eigenvalue weighted by Gasteiger charge is -2.12. The van der Waals surface area contributed by atoms with Gasteiger partial charge in [0.25, 0.3) is 0 Å². The monoisotopic (exact) mass is 358 g/mol. The van der Waals surface area contributed by atoms with Crippen LogP contribution in [0.3, 0.4) is 0 Å². The molecule has 0 fully saturated rings. The van der Waals surface area contributed by atoms with Gasteiger partial charge in [0, 0.05) is 21.4 Å². The van der Waals surface area contributed by atoms with Gasteiger partial charge in [0.2, 0.25) is 0 Å². The molecule has 19 heavy (non-hydrogen) atoms. The van der Waals surface area contributed by atoms with Gasteiger partial charge in [-0.1, -0.05) is 39.7 Å². The Morgan fingerprint density at radius 3 is 2.63 bits per heavy atom. The molecule has 2 rings (SSSR count). The summed E-state index contributed by atoms with van der Waals surface area (Å²) in [6.45, 7) is 0. The second-order valence-corrected chi connectivity index (χ2v) is 5.57. The molecule has 2 aromatic carbocycles. The van der Waals surface area contributed by atoms with Crippen LogP contribution in [0.25, 0.3) is 0 Å². The van der Waals surface area contributed by atoms with E-state index in [1.165, 1.54) is 12.1 Å². The molecule has 0 aliphatic carbocycles. The number of hydrogen-bond donors (Lipinski definition) is 2. The molecule has 0 aliphatic heterocycles. The van der Waals surface area contributed by atoms with Crippen molar-refractivity contribution in [3.8, 4) is 0 Å². The maximum absolute atomic E-state index is 13.1. The Morgan fingerprint density at radius 1 is 1.26 bits per heavy atom. The predicted molar refractivity (Wildman–Crippen MR) is 84.7 cm³/mol. The van der Waals surface area contributed by atoms with Gasteiger partial charge in [-0.25, -0.2) is 4.39 Å². The molecule has 0 aliphatic rings. The minimum absolute atomic E-state index is 0.0527. The molecule has 0 saturated heterocycles. The van der Waals surface area contributed by atoms with E-state index in [2.05, 4.69) is 21.2 Å². The molecule has 0 radical (unpaired) electrons. The van der Waals surface area contributed by atoms with Gasteiger partial charge in [-0.3, -0.25) is 0 Å². The zero-order valence-electron chi connectivity index (χ0n) is 9.58. The van der Waals surface area contributed by atoms with Gasteiger partial charge in [-0.2, -0.15) is 0 Å². The minimum atomic E-state index is -0.462. The van der Waals surface area contributed by atoms with Crippen LogP contribution in [0.15, 0.2) is 40.9 Å². The van der Waals surface area contributed by atoms with Crippen molar-refractivity contribution < 1.29 is 4.39 Å². The van der Waals surface area contributed by atoms with Gasteiger partial charge in [-0.15, -0.1) is 0 Å². The largest absolute Gasteiger partial charge is 0.389 e. The normalized spacial score (nSPS) is 10.3. The van der Waals surface area contributed by atoms with E-state index in [1.54, 1.807) is 12.1 Å². The molecule has 0 atom stereocenters. The first kappa shape index (κ1) is 14.2. The third-order valence-corrected chi connectivity index (χ3v) is 3.45. The molecule has 6 heteroatoms. The van der Waals surface area contributed by atoms with Crippen molar-refractivity contribution in [3.05, 3.63) is 57.3 Å². The summed E-state index contributed by atoms with van der Waals surface area (Å²) in [6.07, 6.45) is 0. The van der Waals surface area contributed by atoms with Crippen LogP contribution >= 0.6 is 39.7 Å². The first-order chi connectivity index (χ1) is 8.97. The van der Waals surface area contributed by atoms with E-state index in [1.807, 2.05) is 12.1 Å². The highest BCUT2D eigenvalue weighted by atomic mass is 79.9. The first-order valence-electron chi connectivity index (χ1n) is 5.29. The maximum Gasteiger partial charge on any atom is 0.141 e. The maximum atomic E-state index is 13.1. The fraction of sp³-hybridized carbons (Fsp3) is 0. The number of nitrogens with two attached hydrogens (primary N) is 1. The highest BCUT2D eigenvalue weighted by Gasteiger charge is 2.07. The standard InChI is InChI=1S/C13H9BrClFN2S/c14-7-1-3-9(13(17)19)12(5-7)18-8-2-4-11(16)10(15)6-8/h1-6,18H,(H2,17,19). The highest BCUT2D eigenvalue weighted by molar-refractivity contribution is 9.10. The van der Waals surface area contributed by atoms with Crippen molar-refractivity contribution >= 4 is 56.1 Å². The lowest BCUT2D eigenvalue weighted by atomic mass is 10.1. The summed E-state index contributed by atoms with van der Waals surface area (Å²) >= 11 is 14.1. The van der Waals surface area contributed by atoms with E-state index in [-0.39, 0.29) is 10.0 Å². The molecule has 98 valence electrons. The molecule has 0 bridgehead atoms. The van der Waals surface area contributed by atoms with Crippen LogP contribution in [0.4, 0.5) is 15.8 Å². The van der Waals surface area contributed by atoms with E-state index in [9.17, 15) is 4.39 Å². The lowest BCUT2D eigenvalue weighted by Crippen LogP contribution is -2.11. The fourth-order valence-corrected chi connectivity index (χ4v) is 2.28. The van der Waals surface area contributed by atoms with E-state index < -0.39 is 5.82 Å². The van der Waals surface area contributed by atoms with Gasteiger partial charge in [-0.05, 0) is 36.4 Å². The van der Waals surface area contributed by atoms with Crippen molar-refractivity contribution in [2.45, 2.75) is 0 Å². The van der Waals surface area contributed by atoms with Crippen molar-refractivity contribution in [2.75, 3.05) is 5.32 Å². The van der Waals surface area contributed by atoms with Crippen LogP contribution in [0, 0.1) is 5.82 Å². The zero-order chi connectivity index (χ0) is 14.0. The summed E-state index contributed by atoms with van der Waals surface area (Å²) in [6, 6.07) is 9.87. The molecule has 2 aromatic rings. The number of anilines is 2. The fourth-order valence-electron chi connectivity index (χ4n) is 1.56. The van der Waals surface area contributed by atoms with Crippen molar-refractivity contribution in [3.63, 3.8) is 0 Å². The van der Waals surface area contributed by atoms with Gasteiger partial charge in [0.15, 0.2) is 0 Å². The van der Waals surface area contributed by atoms with Crippen LogP contribution in [0.1, 0.15) is 5.56 Å². The second-order valence-electron chi connectivity index (χ2n) is 3.81. The summed E-state index contributed by atoms with van der Waals surface area (Å²) in [5.74, 6) is -0.462. The van der Waals surface area contributed by atoms with E-state index in [4.69, 9.17) is 29.6 Å². The summed E-state index contributed by atoms with van der Waals surface area (Å²) in [5.41, 5.74) is 7.75. The number of rotatable bonds is 3. The number of benzene rings is 2. The van der Waals surface area contributed by atoms with Gasteiger partial charge < -0.3 is 11.1 Å². The van der Waals surface area contributed by atoms with E-state index in [0.717, 1.165) is 10.2 Å². The molecule has 0 unspecified atom stereocenters. The highest BCUT2D eigenvalue weighted by Crippen LogP contribution is 2.27. The lowest BCUT2D eigenvalue weighted by molar-refractivity contribution is 0.628. The molecule has 0 spiro atoms. The molecule has 0 heterocycles. The summed E-state index contributed by atoms with van der Waals surface area (Å²) in [4.78, 5) is 0.281. The number of halogens is 3. The number of hydrogen-bond acceptors (Lipinski definition) is 2. The quantitative estimate of drug-likeness (QED) is 0.785. The third kappa shape index (κ3) is 3.43. The van der Waals surface area contributed by atoms with Gasteiger partial charge >= 0.3 is 0 Å². The molecule has 0 aromatic heterocycles. The average molecular weight is 360 g/mol. The predicted octanol–water partition coefficient (Wildman–Crippen LogP) is 4.62. The average Bonchev–Trinajstić information content (AvgIpc) is 2.33. The molecule has 0 amide bonds. The molecular formula is C13H9BrClFN2S. The van der Waals surface area contributed by atoms with Crippen LogP contribution in [-0.4, -0.2) is 4.99 Å². The van der Waals surface area contributed by atoms with E-state index >= 15 is 0 Å². The molecular weight excluding hydrogens is 351 g/mol. The Hall–Kier alpha value is -1.17. The van der Waals surface area contributed by atoms with E-state index in [0.29, 0.717) is 11.3 Å². The summed E-state index contributed by atoms with van der Waals surface area (Å²) < 4.78 is 14.0. The molecule has 2 nitrogen and oxygen atoms in total. The van der Waals surface area contributed by atoms with Crippen molar-refractivity contribution in [1.82, 2.24) is 0 Å². The van der Waals surface area contributed by atoms with Gasteiger partial charge in [0.1, 0.15) is 10.8 Å². The number of thiocarbonyl (C=S) groups is 1.